The molecule has 0 aliphatic carbocycles. The van der Waals surface area contributed by atoms with Gasteiger partial charge in [-0.25, -0.2) is 4.99 Å². The van der Waals surface area contributed by atoms with Crippen LogP contribution in [0.2, 0.25) is 0 Å². The van der Waals surface area contributed by atoms with Crippen LogP contribution >= 0.6 is 0 Å². The van der Waals surface area contributed by atoms with Crippen molar-refractivity contribution in [3.05, 3.63) is 71.3 Å². The molecule has 0 saturated heterocycles. The second kappa shape index (κ2) is 10.4. The van der Waals surface area contributed by atoms with Crippen molar-refractivity contribution >= 4 is 11.9 Å². The summed E-state index contributed by atoms with van der Waals surface area (Å²) in [5, 5.41) is 6.56. The van der Waals surface area contributed by atoms with Crippen molar-refractivity contribution in [3.8, 4) is 0 Å². The lowest BCUT2D eigenvalue weighted by atomic mass is 10.1. The van der Waals surface area contributed by atoms with E-state index in [2.05, 4.69) is 54.8 Å². The zero-order valence-corrected chi connectivity index (χ0v) is 16.7. The van der Waals surface area contributed by atoms with Crippen LogP contribution in [0.4, 0.5) is 0 Å². The number of nitrogens with zero attached hydrogens (tertiary/aromatic N) is 2. The van der Waals surface area contributed by atoms with E-state index in [4.69, 9.17) is 4.99 Å². The van der Waals surface area contributed by atoms with Crippen molar-refractivity contribution in [2.24, 2.45) is 4.99 Å². The SMILES string of the molecule is CCc1ccccc1CN=C(NCC(=O)N(C)C)NC(C)c1ccccc1. The molecule has 0 heterocycles. The number of hydrogen-bond donors (Lipinski definition) is 2. The van der Waals surface area contributed by atoms with Gasteiger partial charge in [-0.15, -0.1) is 0 Å². The maximum absolute atomic E-state index is 12.0. The molecular weight excluding hydrogens is 336 g/mol. The number of rotatable bonds is 7. The Morgan fingerprint density at radius 3 is 2.30 bits per heavy atom. The van der Waals surface area contributed by atoms with Gasteiger partial charge in [-0.2, -0.15) is 0 Å². The summed E-state index contributed by atoms with van der Waals surface area (Å²) in [7, 11) is 3.50. The zero-order valence-electron chi connectivity index (χ0n) is 16.7. The molecule has 2 rings (SSSR count). The van der Waals surface area contributed by atoms with Gasteiger partial charge in [0.1, 0.15) is 0 Å². The lowest BCUT2D eigenvalue weighted by Crippen LogP contribution is -2.43. The van der Waals surface area contributed by atoms with Crippen LogP contribution in [-0.4, -0.2) is 37.4 Å². The number of guanidine groups is 1. The number of likely N-dealkylation sites (N-methyl/N-ethyl adjacent to an activating group) is 1. The summed E-state index contributed by atoms with van der Waals surface area (Å²) in [5.41, 5.74) is 3.66. The minimum absolute atomic E-state index is 0.00539. The van der Waals surface area contributed by atoms with Crippen molar-refractivity contribution < 1.29 is 4.79 Å². The van der Waals surface area contributed by atoms with Crippen LogP contribution in [-0.2, 0) is 17.8 Å². The fourth-order valence-corrected chi connectivity index (χ4v) is 2.72. The molecule has 5 heteroatoms. The summed E-state index contributed by atoms with van der Waals surface area (Å²) in [4.78, 5) is 18.2. The second-order valence-electron chi connectivity index (χ2n) is 6.71. The van der Waals surface area contributed by atoms with E-state index in [1.807, 2.05) is 24.3 Å². The molecule has 27 heavy (non-hydrogen) atoms. The van der Waals surface area contributed by atoms with Crippen LogP contribution < -0.4 is 10.6 Å². The third-order valence-electron chi connectivity index (χ3n) is 4.47. The fraction of sp³-hybridized carbons (Fsp3) is 0.364. The van der Waals surface area contributed by atoms with E-state index in [-0.39, 0.29) is 18.5 Å². The average molecular weight is 367 g/mol. The van der Waals surface area contributed by atoms with E-state index in [9.17, 15) is 4.79 Å². The molecule has 0 radical (unpaired) electrons. The molecule has 0 fully saturated rings. The first-order valence-electron chi connectivity index (χ1n) is 9.38. The van der Waals surface area contributed by atoms with Crippen LogP contribution in [0.1, 0.15) is 36.6 Å². The Hall–Kier alpha value is -2.82. The topological polar surface area (TPSA) is 56.7 Å². The quantitative estimate of drug-likeness (QED) is 0.585. The van der Waals surface area contributed by atoms with Gasteiger partial charge in [0.05, 0.1) is 19.1 Å². The molecule has 0 bridgehead atoms. The summed E-state index contributed by atoms with van der Waals surface area (Å²) < 4.78 is 0. The molecule has 2 aromatic carbocycles. The number of carbonyl (C=O) groups is 1. The Labute approximate surface area is 162 Å². The normalized spacial score (nSPS) is 12.4. The molecular formula is C22H30N4O. The van der Waals surface area contributed by atoms with Gasteiger partial charge in [-0.05, 0) is 30.0 Å². The third kappa shape index (κ3) is 6.44. The van der Waals surface area contributed by atoms with Gasteiger partial charge in [-0.3, -0.25) is 4.79 Å². The number of benzene rings is 2. The number of aryl methyl sites for hydroxylation is 1. The van der Waals surface area contributed by atoms with Gasteiger partial charge >= 0.3 is 0 Å². The maximum atomic E-state index is 12.0. The third-order valence-corrected chi connectivity index (χ3v) is 4.47. The molecule has 5 nitrogen and oxygen atoms in total. The Morgan fingerprint density at radius 2 is 1.67 bits per heavy atom. The molecule has 0 aromatic heterocycles. The summed E-state index contributed by atoms with van der Waals surface area (Å²) in [6.45, 7) is 5.00. The highest BCUT2D eigenvalue weighted by molar-refractivity contribution is 5.86. The Bertz CT molecular complexity index is 756. The molecule has 2 aromatic rings. The van der Waals surface area contributed by atoms with Gasteiger partial charge in [0.15, 0.2) is 5.96 Å². The number of amides is 1. The number of nitrogens with one attached hydrogen (secondary N) is 2. The van der Waals surface area contributed by atoms with E-state index in [1.54, 1.807) is 19.0 Å². The predicted octanol–water partition coefficient (Wildman–Crippen LogP) is 3.13. The largest absolute Gasteiger partial charge is 0.350 e. The average Bonchev–Trinajstić information content (AvgIpc) is 2.70. The summed E-state index contributed by atoms with van der Waals surface area (Å²) in [5.74, 6) is 0.637. The molecule has 0 saturated carbocycles. The van der Waals surface area contributed by atoms with Crippen molar-refractivity contribution in [3.63, 3.8) is 0 Å². The highest BCUT2D eigenvalue weighted by Gasteiger charge is 2.10. The van der Waals surface area contributed by atoms with Crippen LogP contribution in [0.15, 0.2) is 59.6 Å². The van der Waals surface area contributed by atoms with Gasteiger partial charge in [-0.1, -0.05) is 61.5 Å². The Balaban J connectivity index is 2.14. The summed E-state index contributed by atoms with van der Waals surface area (Å²) in [6, 6.07) is 18.6. The van der Waals surface area contributed by atoms with E-state index >= 15 is 0 Å². The van der Waals surface area contributed by atoms with Crippen molar-refractivity contribution in [2.75, 3.05) is 20.6 Å². The van der Waals surface area contributed by atoms with E-state index < -0.39 is 0 Å². The Kier molecular flexibility index (Phi) is 7.86. The smallest absolute Gasteiger partial charge is 0.241 e. The molecule has 0 aliphatic rings. The van der Waals surface area contributed by atoms with Crippen LogP contribution in [0.3, 0.4) is 0 Å². The zero-order chi connectivity index (χ0) is 19.6. The van der Waals surface area contributed by atoms with Gasteiger partial charge < -0.3 is 15.5 Å². The number of hydrogen-bond acceptors (Lipinski definition) is 2. The van der Waals surface area contributed by atoms with Crippen molar-refractivity contribution in [1.82, 2.24) is 15.5 Å². The lowest BCUT2D eigenvalue weighted by molar-refractivity contribution is -0.127. The minimum atomic E-state index is 0.00539. The fourth-order valence-electron chi connectivity index (χ4n) is 2.72. The molecule has 1 amide bonds. The van der Waals surface area contributed by atoms with Gasteiger partial charge in [0.25, 0.3) is 0 Å². The monoisotopic (exact) mass is 366 g/mol. The number of carbonyl (C=O) groups excluding carboxylic acids is 1. The van der Waals surface area contributed by atoms with E-state index in [0.29, 0.717) is 12.5 Å². The van der Waals surface area contributed by atoms with E-state index in [1.165, 1.54) is 16.7 Å². The van der Waals surface area contributed by atoms with Crippen molar-refractivity contribution in [2.45, 2.75) is 32.9 Å². The van der Waals surface area contributed by atoms with Crippen LogP contribution in [0.25, 0.3) is 0 Å². The minimum Gasteiger partial charge on any atom is -0.350 e. The molecule has 144 valence electrons. The molecule has 0 spiro atoms. The van der Waals surface area contributed by atoms with E-state index in [0.717, 1.165) is 6.42 Å². The van der Waals surface area contributed by atoms with Crippen LogP contribution in [0.5, 0.6) is 0 Å². The first kappa shape index (κ1) is 20.5. The van der Waals surface area contributed by atoms with Gasteiger partial charge in [0.2, 0.25) is 5.91 Å². The second-order valence-corrected chi connectivity index (χ2v) is 6.71. The summed E-state index contributed by atoms with van der Waals surface area (Å²) in [6.07, 6.45) is 0.974. The summed E-state index contributed by atoms with van der Waals surface area (Å²) >= 11 is 0. The van der Waals surface area contributed by atoms with Crippen molar-refractivity contribution in [1.29, 1.82) is 0 Å². The molecule has 1 atom stereocenters. The maximum Gasteiger partial charge on any atom is 0.241 e. The molecule has 1 unspecified atom stereocenters. The number of aliphatic imine (C=N–C) groups is 1. The highest BCUT2D eigenvalue weighted by atomic mass is 16.2. The first-order chi connectivity index (χ1) is 13.0. The predicted molar refractivity (Wildman–Crippen MR) is 112 cm³/mol. The van der Waals surface area contributed by atoms with Crippen LogP contribution in [0, 0.1) is 0 Å². The Morgan fingerprint density at radius 1 is 1.04 bits per heavy atom. The van der Waals surface area contributed by atoms with Gasteiger partial charge in [0, 0.05) is 14.1 Å². The lowest BCUT2D eigenvalue weighted by Gasteiger charge is -2.20. The standard InChI is InChI=1S/C22H30N4O/c1-5-18-11-9-10-14-20(18)15-23-22(24-16-21(27)26(3)4)25-17(2)19-12-7-6-8-13-19/h6-14,17H,5,15-16H2,1-4H3,(H2,23,24,25). The molecule has 2 N–H and O–H groups in total. The highest BCUT2D eigenvalue weighted by Crippen LogP contribution is 2.12. The first-order valence-corrected chi connectivity index (χ1v) is 9.38. The molecule has 0 aliphatic heterocycles.